The minimum Gasteiger partial charge on any atom is -0.496 e. The largest absolute Gasteiger partial charge is 0.496 e. The normalized spacial score (nSPS) is 23.1. The van der Waals surface area contributed by atoms with Gasteiger partial charge in [0, 0.05) is 17.5 Å². The van der Waals surface area contributed by atoms with Crippen LogP contribution in [-0.2, 0) is 4.79 Å². The van der Waals surface area contributed by atoms with E-state index in [1.165, 1.54) is 20.2 Å². The molecule has 1 fully saturated rings. The van der Waals surface area contributed by atoms with Crippen molar-refractivity contribution in [1.82, 2.24) is 10.3 Å². The van der Waals surface area contributed by atoms with Crippen LogP contribution in [0.25, 0.3) is 10.8 Å². The van der Waals surface area contributed by atoms with Crippen molar-refractivity contribution in [3.63, 3.8) is 0 Å². The van der Waals surface area contributed by atoms with Gasteiger partial charge in [0.15, 0.2) is 6.17 Å². The van der Waals surface area contributed by atoms with Gasteiger partial charge in [-0.2, -0.15) is 0 Å². The Labute approximate surface area is 154 Å². The number of benzene rings is 1. The highest BCUT2D eigenvalue weighted by molar-refractivity contribution is 6.01. The van der Waals surface area contributed by atoms with E-state index in [4.69, 9.17) is 15.2 Å². The van der Waals surface area contributed by atoms with Crippen LogP contribution in [0, 0.1) is 5.92 Å². The molecule has 0 radical (unpaired) electrons. The topological polar surface area (TPSA) is 124 Å². The summed E-state index contributed by atoms with van der Waals surface area (Å²) in [6.07, 6.45) is -1.32. The van der Waals surface area contributed by atoms with E-state index in [2.05, 4.69) is 10.3 Å². The van der Waals surface area contributed by atoms with Gasteiger partial charge in [-0.05, 0) is 30.5 Å². The first-order valence-corrected chi connectivity index (χ1v) is 8.35. The Morgan fingerprint density at radius 3 is 2.85 bits per heavy atom. The maximum absolute atomic E-state index is 14.0. The molecule has 2 unspecified atom stereocenters. The quantitative estimate of drug-likeness (QED) is 0.676. The number of alkyl halides is 1. The summed E-state index contributed by atoms with van der Waals surface area (Å²) in [5.41, 5.74) is 5.59. The second-order valence-corrected chi connectivity index (χ2v) is 6.40. The number of hydrogen-bond acceptors (Lipinski definition) is 6. The molecule has 0 saturated carbocycles. The molecule has 1 aromatic carbocycles. The summed E-state index contributed by atoms with van der Waals surface area (Å²) in [7, 11) is 1.41. The van der Waals surface area contributed by atoms with Crippen LogP contribution in [0.3, 0.4) is 0 Å². The van der Waals surface area contributed by atoms with Crippen molar-refractivity contribution in [1.29, 1.82) is 0 Å². The number of aromatic nitrogens is 1. The van der Waals surface area contributed by atoms with Crippen molar-refractivity contribution >= 4 is 22.6 Å². The Hall–Kier alpha value is -2.94. The molecule has 9 heteroatoms. The number of aliphatic hydroxyl groups is 1. The fraction of sp³-hybridized carbons (Fsp3) is 0.389. The lowest BCUT2D eigenvalue weighted by Gasteiger charge is -2.22. The molecule has 0 bridgehead atoms. The van der Waals surface area contributed by atoms with Crippen molar-refractivity contribution in [2.24, 2.45) is 11.7 Å². The molecule has 1 aliphatic heterocycles. The second kappa shape index (κ2) is 7.36. The monoisotopic (exact) mass is 377 g/mol. The van der Waals surface area contributed by atoms with Crippen LogP contribution in [0.4, 0.5) is 4.39 Å². The van der Waals surface area contributed by atoms with E-state index in [9.17, 15) is 19.1 Å². The number of methoxy groups -OCH3 is 1. The predicted molar refractivity (Wildman–Crippen MR) is 94.3 cm³/mol. The van der Waals surface area contributed by atoms with Crippen LogP contribution >= 0.6 is 0 Å². The van der Waals surface area contributed by atoms with Gasteiger partial charge in [-0.3, -0.25) is 9.59 Å². The van der Waals surface area contributed by atoms with Crippen LogP contribution in [0.15, 0.2) is 24.4 Å². The molecule has 0 aliphatic carbocycles. The molecule has 1 aliphatic rings. The number of hydrogen-bond donors (Lipinski definition) is 3. The predicted octanol–water partition coefficient (Wildman–Crippen LogP) is 0.555. The van der Waals surface area contributed by atoms with E-state index in [-0.39, 0.29) is 23.8 Å². The minimum atomic E-state index is -1.79. The summed E-state index contributed by atoms with van der Waals surface area (Å²) in [6.45, 7) is 1.35. The number of primary amides is 1. The van der Waals surface area contributed by atoms with Gasteiger partial charge in [-0.15, -0.1) is 0 Å². The lowest BCUT2D eigenvalue weighted by atomic mass is 9.94. The Kier molecular flexibility index (Phi) is 5.13. The fourth-order valence-corrected chi connectivity index (χ4v) is 3.29. The van der Waals surface area contributed by atoms with Crippen molar-refractivity contribution in [2.45, 2.75) is 25.2 Å². The Bertz CT molecular complexity index is 889. The molecule has 144 valence electrons. The number of carbonyl (C=O) groups excluding carboxylic acids is 2. The summed E-state index contributed by atoms with van der Waals surface area (Å²) >= 11 is 0. The number of pyridine rings is 1. The first kappa shape index (κ1) is 18.8. The van der Waals surface area contributed by atoms with Gasteiger partial charge < -0.3 is 25.6 Å². The molecular weight excluding hydrogens is 357 g/mol. The van der Waals surface area contributed by atoms with Crippen LogP contribution in [-0.4, -0.2) is 53.9 Å². The molecule has 8 nitrogen and oxygen atoms in total. The van der Waals surface area contributed by atoms with Crippen LogP contribution in [0.2, 0.25) is 0 Å². The van der Waals surface area contributed by atoms with Crippen molar-refractivity contribution in [3.05, 3.63) is 30.0 Å². The molecule has 2 heterocycles. The number of rotatable bonds is 6. The van der Waals surface area contributed by atoms with Crippen LogP contribution in [0.1, 0.15) is 17.3 Å². The number of aliphatic hydroxyl groups excluding tert-OH is 1. The molecule has 0 spiro atoms. The zero-order valence-corrected chi connectivity index (χ0v) is 14.8. The highest BCUT2D eigenvalue weighted by atomic mass is 19.1. The maximum Gasteiger partial charge on any atom is 0.255 e. The summed E-state index contributed by atoms with van der Waals surface area (Å²) in [5.74, 6) is -1.82. The van der Waals surface area contributed by atoms with Gasteiger partial charge >= 0.3 is 0 Å². The number of amides is 2. The van der Waals surface area contributed by atoms with Gasteiger partial charge in [0.1, 0.15) is 12.4 Å². The Balaban J connectivity index is 1.89. The summed E-state index contributed by atoms with van der Waals surface area (Å²) in [6, 6.07) is 4.13. The maximum atomic E-state index is 14.0. The van der Waals surface area contributed by atoms with E-state index >= 15 is 0 Å². The third-order valence-electron chi connectivity index (χ3n) is 4.65. The third kappa shape index (κ3) is 3.50. The summed E-state index contributed by atoms with van der Waals surface area (Å²) < 4.78 is 24.9. The average Bonchev–Trinajstić information content (AvgIpc) is 2.92. The van der Waals surface area contributed by atoms with Gasteiger partial charge in [-0.25, -0.2) is 9.37 Å². The molecule has 4 N–H and O–H groups in total. The number of fused-ring (bicyclic) bond motifs is 1. The molecule has 2 aromatic rings. The zero-order valence-electron chi connectivity index (χ0n) is 14.8. The first-order chi connectivity index (χ1) is 12.8. The van der Waals surface area contributed by atoms with Gasteiger partial charge in [0.05, 0.1) is 24.8 Å². The number of nitrogens with zero attached hydrogens (tertiary/aromatic N) is 1. The number of halogens is 1. The van der Waals surface area contributed by atoms with E-state index in [0.717, 1.165) is 0 Å². The van der Waals surface area contributed by atoms with E-state index in [0.29, 0.717) is 10.8 Å². The van der Waals surface area contributed by atoms with E-state index in [1.807, 2.05) is 0 Å². The number of carbonyl (C=O) groups is 2. The number of nitrogens with one attached hydrogen (secondary N) is 1. The molecule has 4 atom stereocenters. The molecule has 2 amide bonds. The lowest BCUT2D eigenvalue weighted by Crippen LogP contribution is -2.39. The lowest BCUT2D eigenvalue weighted by molar-refractivity contribution is -0.124. The first-order valence-electron chi connectivity index (χ1n) is 8.35. The SMILES string of the molecule is COc1cc2c(OC[C@H]3NC(=O)C(F)[C@H]3C(C)O)nccc2cc1C(N)=O. The highest BCUT2D eigenvalue weighted by Crippen LogP contribution is 2.31. The number of nitrogens with two attached hydrogens (primary N) is 1. The van der Waals surface area contributed by atoms with Crippen molar-refractivity contribution < 1.29 is 28.6 Å². The Morgan fingerprint density at radius 2 is 2.22 bits per heavy atom. The standard InChI is InChI=1S/C18H20FN3O5/c1-8(23)14-12(22-17(25)15(14)19)7-27-18-10-6-13(26-2)11(16(20)24)5-9(10)3-4-21-18/h3-6,8,12,14-15,23H,7H2,1-2H3,(H2,20,24)(H,22,25)/t8?,12-,14+,15?/m1/s1. The molecular formula is C18H20FN3O5. The number of ether oxygens (including phenoxy) is 2. The summed E-state index contributed by atoms with van der Waals surface area (Å²) in [4.78, 5) is 27.3. The smallest absolute Gasteiger partial charge is 0.255 e. The molecule has 3 rings (SSSR count). The highest BCUT2D eigenvalue weighted by Gasteiger charge is 2.45. The molecule has 1 aromatic heterocycles. The van der Waals surface area contributed by atoms with Gasteiger partial charge in [0.2, 0.25) is 5.88 Å². The molecule has 27 heavy (non-hydrogen) atoms. The van der Waals surface area contributed by atoms with Gasteiger partial charge in [-0.1, -0.05) is 0 Å². The Morgan fingerprint density at radius 1 is 1.48 bits per heavy atom. The summed E-state index contributed by atoms with van der Waals surface area (Å²) in [5, 5.41) is 13.5. The second-order valence-electron chi connectivity index (χ2n) is 6.40. The van der Waals surface area contributed by atoms with Crippen molar-refractivity contribution in [2.75, 3.05) is 13.7 Å². The third-order valence-corrected chi connectivity index (χ3v) is 4.65. The van der Waals surface area contributed by atoms with Crippen molar-refractivity contribution in [3.8, 4) is 11.6 Å². The zero-order chi connectivity index (χ0) is 19.7. The molecule has 1 saturated heterocycles. The fourth-order valence-electron chi connectivity index (χ4n) is 3.29. The average molecular weight is 377 g/mol. The van der Waals surface area contributed by atoms with Gasteiger partial charge in [0.25, 0.3) is 11.8 Å². The van der Waals surface area contributed by atoms with Crippen LogP contribution in [0.5, 0.6) is 11.6 Å². The van der Waals surface area contributed by atoms with Crippen LogP contribution < -0.4 is 20.5 Å². The minimum absolute atomic E-state index is 0.0757. The van der Waals surface area contributed by atoms with E-state index in [1.54, 1.807) is 18.2 Å². The van der Waals surface area contributed by atoms with E-state index < -0.39 is 36.0 Å².